The summed E-state index contributed by atoms with van der Waals surface area (Å²) in [6.45, 7) is 3.69. The second kappa shape index (κ2) is 11.1. The molecule has 38 heavy (non-hydrogen) atoms. The Bertz CT molecular complexity index is 1540. The minimum absolute atomic E-state index is 0.0137. The van der Waals surface area contributed by atoms with E-state index in [0.717, 1.165) is 16.4 Å². The van der Waals surface area contributed by atoms with Gasteiger partial charge in [-0.2, -0.15) is 0 Å². The van der Waals surface area contributed by atoms with Crippen LogP contribution in [0.5, 0.6) is 11.5 Å². The molecule has 0 aliphatic rings. The Balaban J connectivity index is 1.94. The summed E-state index contributed by atoms with van der Waals surface area (Å²) in [5.74, 6) is -0.486. The fourth-order valence-electron chi connectivity index (χ4n) is 4.18. The maximum absolute atomic E-state index is 14.6. The molecule has 0 aliphatic heterocycles. The van der Waals surface area contributed by atoms with Gasteiger partial charge in [-0.3, -0.25) is 4.31 Å². The van der Waals surface area contributed by atoms with Crippen LogP contribution in [0.3, 0.4) is 0 Å². The van der Waals surface area contributed by atoms with Gasteiger partial charge in [-0.25, -0.2) is 21.9 Å². The van der Waals surface area contributed by atoms with Crippen LogP contribution < -0.4 is 13.8 Å². The number of anilines is 1. The first kappa shape index (κ1) is 27.0. The summed E-state index contributed by atoms with van der Waals surface area (Å²) in [6.07, 6.45) is -0.225. The molecule has 3 aromatic carbocycles. The number of aromatic nitrogens is 4. The molecule has 0 amide bonds. The Morgan fingerprint density at radius 3 is 2.29 bits per heavy atom. The van der Waals surface area contributed by atoms with Gasteiger partial charge in [0.05, 0.1) is 31.3 Å². The topological polar surface area (TPSA) is 99.4 Å². The zero-order valence-electron chi connectivity index (χ0n) is 21.4. The van der Waals surface area contributed by atoms with Crippen molar-refractivity contribution >= 4 is 15.7 Å². The highest BCUT2D eigenvalue weighted by atomic mass is 32.2. The number of benzene rings is 3. The highest BCUT2D eigenvalue weighted by Gasteiger charge is 2.32. The number of aryl methyl sites for hydroxylation is 2. The Morgan fingerprint density at radius 2 is 1.66 bits per heavy atom. The van der Waals surface area contributed by atoms with E-state index in [-0.39, 0.29) is 40.7 Å². The van der Waals surface area contributed by atoms with E-state index in [1.807, 2.05) is 6.92 Å². The summed E-state index contributed by atoms with van der Waals surface area (Å²) in [6, 6.07) is 12.9. The zero-order valence-corrected chi connectivity index (χ0v) is 22.2. The minimum Gasteiger partial charge on any atom is -0.496 e. The number of nitrogens with zero attached hydrogens (tertiary/aromatic N) is 5. The van der Waals surface area contributed by atoms with Crippen LogP contribution in [0, 0.1) is 18.6 Å². The van der Waals surface area contributed by atoms with Gasteiger partial charge >= 0.3 is 0 Å². The standard InChI is InChI=1S/C26H27F2N5O4S/c1-5-32-25(29-30-31-32)16-33(38(34,35)19-12-13-23(36-3)17(2)14-19)26-18(8-6-11-24(26)37-4)15-20-21(27)9-7-10-22(20)28/h6-14H,5,15-16H2,1-4H3. The molecule has 0 spiro atoms. The molecule has 0 unspecified atom stereocenters. The number of methoxy groups -OCH3 is 2. The first-order valence-electron chi connectivity index (χ1n) is 11.7. The molecule has 12 heteroatoms. The lowest BCUT2D eigenvalue weighted by Gasteiger charge is -2.28. The number of tetrazole rings is 1. The van der Waals surface area contributed by atoms with Crippen molar-refractivity contribution in [3.05, 3.63) is 88.7 Å². The van der Waals surface area contributed by atoms with E-state index < -0.39 is 21.7 Å². The van der Waals surface area contributed by atoms with Crippen molar-refractivity contribution in [3.8, 4) is 11.5 Å². The van der Waals surface area contributed by atoms with Crippen molar-refractivity contribution in [1.82, 2.24) is 20.2 Å². The number of sulfonamides is 1. The molecule has 0 atom stereocenters. The van der Waals surface area contributed by atoms with Gasteiger partial charge in [-0.1, -0.05) is 18.2 Å². The van der Waals surface area contributed by atoms with Gasteiger partial charge in [0, 0.05) is 18.5 Å². The minimum atomic E-state index is -4.27. The Morgan fingerprint density at radius 1 is 0.974 bits per heavy atom. The third-order valence-electron chi connectivity index (χ3n) is 6.13. The Kier molecular flexibility index (Phi) is 7.91. The summed E-state index contributed by atoms with van der Waals surface area (Å²) < 4.78 is 71.1. The van der Waals surface area contributed by atoms with E-state index in [0.29, 0.717) is 23.4 Å². The predicted molar refractivity (Wildman–Crippen MR) is 137 cm³/mol. The van der Waals surface area contributed by atoms with E-state index in [1.165, 1.54) is 37.1 Å². The van der Waals surface area contributed by atoms with E-state index in [2.05, 4.69) is 15.5 Å². The monoisotopic (exact) mass is 543 g/mol. The fraction of sp³-hybridized carbons (Fsp3) is 0.269. The van der Waals surface area contributed by atoms with Crippen LogP contribution in [0.2, 0.25) is 0 Å². The number of hydrogen-bond acceptors (Lipinski definition) is 7. The molecule has 0 aliphatic carbocycles. The van der Waals surface area contributed by atoms with E-state index in [1.54, 1.807) is 31.2 Å². The molecule has 0 radical (unpaired) electrons. The normalized spacial score (nSPS) is 11.4. The molecule has 9 nitrogen and oxygen atoms in total. The number of ether oxygens (including phenoxy) is 2. The molecule has 0 saturated carbocycles. The summed E-state index contributed by atoms with van der Waals surface area (Å²) in [5.41, 5.74) is 0.869. The fourth-order valence-corrected chi connectivity index (χ4v) is 5.74. The lowest BCUT2D eigenvalue weighted by Crippen LogP contribution is -2.33. The number of rotatable bonds is 10. The number of para-hydroxylation sites is 1. The quantitative estimate of drug-likeness (QED) is 0.294. The van der Waals surface area contributed by atoms with Gasteiger partial charge in [-0.05, 0) is 71.8 Å². The van der Waals surface area contributed by atoms with Gasteiger partial charge in [0.25, 0.3) is 10.0 Å². The predicted octanol–water partition coefficient (Wildman–Crippen LogP) is 4.28. The van der Waals surface area contributed by atoms with Crippen molar-refractivity contribution in [2.75, 3.05) is 18.5 Å². The smallest absolute Gasteiger partial charge is 0.264 e. The van der Waals surface area contributed by atoms with Crippen LogP contribution in [-0.4, -0.2) is 42.8 Å². The molecule has 0 saturated heterocycles. The van der Waals surface area contributed by atoms with Crippen molar-refractivity contribution in [3.63, 3.8) is 0 Å². The lowest BCUT2D eigenvalue weighted by atomic mass is 10.0. The Labute approximate surface area is 219 Å². The van der Waals surface area contributed by atoms with Crippen LogP contribution in [-0.2, 0) is 29.5 Å². The molecule has 0 N–H and O–H groups in total. The maximum atomic E-state index is 14.6. The van der Waals surface area contributed by atoms with E-state index in [9.17, 15) is 17.2 Å². The third kappa shape index (κ3) is 5.17. The maximum Gasteiger partial charge on any atom is 0.264 e. The average molecular weight is 544 g/mol. The van der Waals surface area contributed by atoms with Crippen molar-refractivity contribution in [2.24, 2.45) is 0 Å². The van der Waals surface area contributed by atoms with Crippen LogP contribution in [0.15, 0.2) is 59.5 Å². The summed E-state index contributed by atoms with van der Waals surface area (Å²) in [7, 11) is -1.38. The average Bonchev–Trinajstić information content (AvgIpc) is 3.36. The van der Waals surface area contributed by atoms with Crippen molar-refractivity contribution < 1.29 is 26.7 Å². The van der Waals surface area contributed by atoms with Crippen LogP contribution >= 0.6 is 0 Å². The first-order chi connectivity index (χ1) is 18.2. The van der Waals surface area contributed by atoms with Crippen molar-refractivity contribution in [1.29, 1.82) is 0 Å². The number of halogens is 2. The molecule has 4 aromatic rings. The SMILES string of the molecule is CCn1nnnc1CN(c1c(Cc2c(F)cccc2F)cccc1OC)S(=O)(=O)c1ccc(OC)c(C)c1. The van der Waals surface area contributed by atoms with E-state index in [4.69, 9.17) is 9.47 Å². The van der Waals surface area contributed by atoms with Gasteiger partial charge in [0.2, 0.25) is 0 Å². The van der Waals surface area contributed by atoms with Crippen LogP contribution in [0.25, 0.3) is 0 Å². The van der Waals surface area contributed by atoms with Crippen LogP contribution in [0.4, 0.5) is 14.5 Å². The molecule has 200 valence electrons. The van der Waals surface area contributed by atoms with E-state index >= 15 is 0 Å². The highest BCUT2D eigenvalue weighted by Crippen LogP contribution is 2.39. The molecule has 0 fully saturated rings. The summed E-state index contributed by atoms with van der Waals surface area (Å²) in [4.78, 5) is -0.0137. The molecule has 0 bridgehead atoms. The van der Waals surface area contributed by atoms with Gasteiger partial charge < -0.3 is 9.47 Å². The first-order valence-corrected chi connectivity index (χ1v) is 13.2. The molecule has 1 aromatic heterocycles. The van der Waals surface area contributed by atoms with Crippen molar-refractivity contribution in [2.45, 2.75) is 38.3 Å². The molecule has 4 rings (SSSR count). The molecular weight excluding hydrogens is 516 g/mol. The second-order valence-corrected chi connectivity index (χ2v) is 10.3. The Hall–Kier alpha value is -4.06. The van der Waals surface area contributed by atoms with Crippen LogP contribution in [0.1, 0.15) is 29.4 Å². The van der Waals surface area contributed by atoms with Gasteiger partial charge in [-0.15, -0.1) is 5.10 Å². The highest BCUT2D eigenvalue weighted by molar-refractivity contribution is 7.92. The largest absolute Gasteiger partial charge is 0.496 e. The molecule has 1 heterocycles. The third-order valence-corrected chi connectivity index (χ3v) is 7.87. The zero-order chi connectivity index (χ0) is 27.4. The summed E-state index contributed by atoms with van der Waals surface area (Å²) >= 11 is 0. The van der Waals surface area contributed by atoms with Gasteiger partial charge in [0.1, 0.15) is 23.1 Å². The summed E-state index contributed by atoms with van der Waals surface area (Å²) in [5, 5.41) is 11.6. The molecular formula is C26H27F2N5O4S. The lowest BCUT2D eigenvalue weighted by molar-refractivity contribution is 0.411. The number of hydrogen-bond donors (Lipinski definition) is 0. The second-order valence-electron chi connectivity index (χ2n) is 8.40. The van der Waals surface area contributed by atoms with Gasteiger partial charge in [0.15, 0.2) is 5.82 Å².